The maximum absolute atomic E-state index is 11.2. The fourth-order valence-electron chi connectivity index (χ4n) is 1.04. The summed E-state index contributed by atoms with van der Waals surface area (Å²) in [6.07, 6.45) is 1.06. The van der Waals surface area contributed by atoms with E-state index in [9.17, 15) is 9.59 Å². The SMILES string of the molecule is Cc1ccc(C=CC(=O)NCC(O)C(=O)O)o1. The normalized spacial score (nSPS) is 12.6. The van der Waals surface area contributed by atoms with E-state index >= 15 is 0 Å². The second-order valence-electron chi connectivity index (χ2n) is 3.38. The standard InChI is InChI=1S/C11H13NO5/c1-7-2-3-8(17-7)4-5-10(14)12-6-9(13)11(15)16/h2-5,9,13H,6H2,1H3,(H,12,14)(H,15,16). The quantitative estimate of drug-likeness (QED) is 0.636. The molecule has 1 unspecified atom stereocenters. The molecule has 0 spiro atoms. The third-order valence-electron chi connectivity index (χ3n) is 1.91. The van der Waals surface area contributed by atoms with Crippen molar-refractivity contribution >= 4 is 18.0 Å². The van der Waals surface area contributed by atoms with E-state index < -0.39 is 18.0 Å². The minimum atomic E-state index is -1.60. The maximum Gasteiger partial charge on any atom is 0.334 e. The number of aliphatic carboxylic acids is 1. The topological polar surface area (TPSA) is 99.8 Å². The third-order valence-corrected chi connectivity index (χ3v) is 1.91. The number of hydrogen-bond acceptors (Lipinski definition) is 4. The Morgan fingerprint density at radius 3 is 2.76 bits per heavy atom. The smallest absolute Gasteiger partial charge is 0.334 e. The number of furan rings is 1. The average molecular weight is 239 g/mol. The molecule has 3 N–H and O–H groups in total. The highest BCUT2D eigenvalue weighted by Crippen LogP contribution is 2.07. The number of amides is 1. The monoisotopic (exact) mass is 239 g/mol. The summed E-state index contributed by atoms with van der Waals surface area (Å²) >= 11 is 0. The van der Waals surface area contributed by atoms with Gasteiger partial charge >= 0.3 is 5.97 Å². The first-order valence-corrected chi connectivity index (χ1v) is 4.92. The van der Waals surface area contributed by atoms with Crippen molar-refractivity contribution in [3.8, 4) is 0 Å². The van der Waals surface area contributed by atoms with Gasteiger partial charge in [-0.15, -0.1) is 0 Å². The van der Waals surface area contributed by atoms with Crippen LogP contribution >= 0.6 is 0 Å². The number of carbonyl (C=O) groups excluding carboxylic acids is 1. The van der Waals surface area contributed by atoms with E-state index in [0.29, 0.717) is 5.76 Å². The summed E-state index contributed by atoms with van der Waals surface area (Å²) in [5.74, 6) is -0.627. The van der Waals surface area contributed by atoms with Crippen LogP contribution in [0.2, 0.25) is 0 Å². The van der Waals surface area contributed by atoms with Crippen molar-refractivity contribution in [1.29, 1.82) is 0 Å². The number of aryl methyl sites for hydroxylation is 1. The van der Waals surface area contributed by atoms with Crippen LogP contribution < -0.4 is 5.32 Å². The van der Waals surface area contributed by atoms with Gasteiger partial charge in [-0.25, -0.2) is 4.79 Å². The van der Waals surface area contributed by atoms with Crippen LogP contribution in [0.4, 0.5) is 0 Å². The first-order valence-electron chi connectivity index (χ1n) is 4.92. The van der Waals surface area contributed by atoms with E-state index in [-0.39, 0.29) is 6.54 Å². The second kappa shape index (κ2) is 5.86. The molecule has 0 saturated carbocycles. The Morgan fingerprint density at radius 1 is 1.53 bits per heavy atom. The zero-order valence-corrected chi connectivity index (χ0v) is 9.21. The molecule has 1 atom stereocenters. The van der Waals surface area contributed by atoms with E-state index in [4.69, 9.17) is 14.6 Å². The molecule has 0 aromatic carbocycles. The van der Waals surface area contributed by atoms with Gasteiger partial charge in [0.2, 0.25) is 5.91 Å². The molecule has 92 valence electrons. The Kier molecular flexibility index (Phi) is 4.47. The zero-order chi connectivity index (χ0) is 12.8. The van der Waals surface area contributed by atoms with Gasteiger partial charge in [0.25, 0.3) is 0 Å². The highest BCUT2D eigenvalue weighted by atomic mass is 16.4. The number of hydrogen-bond donors (Lipinski definition) is 3. The lowest BCUT2D eigenvalue weighted by atomic mass is 10.3. The molecule has 1 rings (SSSR count). The number of rotatable bonds is 5. The van der Waals surface area contributed by atoms with Crippen LogP contribution in [0.1, 0.15) is 11.5 Å². The van der Waals surface area contributed by atoms with Crippen LogP contribution in [0.15, 0.2) is 22.6 Å². The highest BCUT2D eigenvalue weighted by Gasteiger charge is 2.12. The highest BCUT2D eigenvalue weighted by molar-refractivity contribution is 5.91. The van der Waals surface area contributed by atoms with Gasteiger partial charge in [-0.2, -0.15) is 0 Å². The van der Waals surface area contributed by atoms with E-state index in [0.717, 1.165) is 5.76 Å². The summed E-state index contributed by atoms with van der Waals surface area (Å²) in [7, 11) is 0. The van der Waals surface area contributed by atoms with Crippen molar-refractivity contribution in [3.63, 3.8) is 0 Å². The molecular weight excluding hydrogens is 226 g/mol. The number of carboxylic acids is 1. The molecule has 1 aromatic heterocycles. The molecule has 0 bridgehead atoms. The maximum atomic E-state index is 11.2. The molecule has 0 radical (unpaired) electrons. The van der Waals surface area contributed by atoms with Gasteiger partial charge in [-0.3, -0.25) is 4.79 Å². The van der Waals surface area contributed by atoms with Gasteiger partial charge in [-0.05, 0) is 25.1 Å². The largest absolute Gasteiger partial charge is 0.479 e. The Morgan fingerprint density at radius 2 is 2.24 bits per heavy atom. The van der Waals surface area contributed by atoms with Gasteiger partial charge < -0.3 is 19.9 Å². The van der Waals surface area contributed by atoms with E-state index in [1.54, 1.807) is 19.1 Å². The molecule has 6 nitrogen and oxygen atoms in total. The van der Waals surface area contributed by atoms with Crippen molar-refractivity contribution in [3.05, 3.63) is 29.7 Å². The first kappa shape index (κ1) is 13.0. The number of aliphatic hydroxyl groups is 1. The van der Waals surface area contributed by atoms with Crippen molar-refractivity contribution < 1.29 is 24.2 Å². The van der Waals surface area contributed by atoms with Gasteiger partial charge in [0.1, 0.15) is 11.5 Å². The lowest BCUT2D eigenvalue weighted by Gasteiger charge is -2.04. The Hall–Kier alpha value is -2.08. The minimum absolute atomic E-state index is 0.338. The average Bonchev–Trinajstić information content (AvgIpc) is 2.69. The van der Waals surface area contributed by atoms with Gasteiger partial charge in [0.05, 0.1) is 6.54 Å². The third kappa shape index (κ3) is 4.52. The number of carboxylic acid groups (broad SMARTS) is 1. The lowest BCUT2D eigenvalue weighted by Crippen LogP contribution is -2.35. The van der Waals surface area contributed by atoms with E-state index in [1.807, 2.05) is 0 Å². The van der Waals surface area contributed by atoms with Crippen LogP contribution in [-0.4, -0.2) is 34.7 Å². The summed E-state index contributed by atoms with van der Waals surface area (Å²) in [5.41, 5.74) is 0. The summed E-state index contributed by atoms with van der Waals surface area (Å²) < 4.78 is 5.19. The molecule has 0 fully saturated rings. The van der Waals surface area contributed by atoms with E-state index in [1.165, 1.54) is 12.2 Å². The van der Waals surface area contributed by atoms with E-state index in [2.05, 4.69) is 5.32 Å². The van der Waals surface area contributed by atoms with Crippen LogP contribution in [0.5, 0.6) is 0 Å². The van der Waals surface area contributed by atoms with Crippen molar-refractivity contribution in [1.82, 2.24) is 5.32 Å². The molecule has 17 heavy (non-hydrogen) atoms. The summed E-state index contributed by atoms with van der Waals surface area (Å²) in [5, 5.41) is 19.5. The predicted molar refractivity (Wildman–Crippen MR) is 59.1 cm³/mol. The molecule has 1 heterocycles. The summed E-state index contributed by atoms with van der Waals surface area (Å²) in [4.78, 5) is 21.5. The Labute approximate surface area is 97.6 Å². The molecule has 0 aliphatic heterocycles. The molecular formula is C11H13NO5. The zero-order valence-electron chi connectivity index (χ0n) is 9.21. The fraction of sp³-hybridized carbons (Fsp3) is 0.273. The fourth-order valence-corrected chi connectivity index (χ4v) is 1.04. The number of aliphatic hydroxyl groups excluding tert-OH is 1. The van der Waals surface area contributed by atoms with Gasteiger partial charge in [0.15, 0.2) is 6.10 Å². The number of nitrogens with one attached hydrogen (secondary N) is 1. The minimum Gasteiger partial charge on any atom is -0.479 e. The van der Waals surface area contributed by atoms with Crippen LogP contribution in [-0.2, 0) is 9.59 Å². The van der Waals surface area contributed by atoms with Gasteiger partial charge in [-0.1, -0.05) is 0 Å². The lowest BCUT2D eigenvalue weighted by molar-refractivity contribution is -0.146. The van der Waals surface area contributed by atoms with Crippen LogP contribution in [0.3, 0.4) is 0 Å². The molecule has 0 aliphatic rings. The molecule has 1 aromatic rings. The molecule has 0 aliphatic carbocycles. The van der Waals surface area contributed by atoms with Crippen molar-refractivity contribution in [2.24, 2.45) is 0 Å². The number of carbonyl (C=O) groups is 2. The van der Waals surface area contributed by atoms with Gasteiger partial charge in [0, 0.05) is 6.08 Å². The van der Waals surface area contributed by atoms with Crippen molar-refractivity contribution in [2.45, 2.75) is 13.0 Å². The van der Waals surface area contributed by atoms with Crippen molar-refractivity contribution in [2.75, 3.05) is 6.54 Å². The summed E-state index contributed by atoms with van der Waals surface area (Å²) in [6, 6.07) is 3.46. The summed E-state index contributed by atoms with van der Waals surface area (Å²) in [6.45, 7) is 1.44. The van der Waals surface area contributed by atoms with Crippen LogP contribution in [0.25, 0.3) is 6.08 Å². The van der Waals surface area contributed by atoms with Crippen LogP contribution in [0, 0.1) is 6.92 Å². The Bertz CT molecular complexity index is 435. The molecule has 0 saturated heterocycles. The first-order chi connectivity index (χ1) is 7.99. The predicted octanol–water partition coefficient (Wildman–Crippen LogP) is 0.163. The molecule has 6 heteroatoms. The molecule has 1 amide bonds. The second-order valence-corrected chi connectivity index (χ2v) is 3.38. The Balaban J connectivity index is 2.39.